The predicted octanol–water partition coefficient (Wildman–Crippen LogP) is 0.656. The lowest BCUT2D eigenvalue weighted by molar-refractivity contribution is -0.141. The van der Waals surface area contributed by atoms with Gasteiger partial charge in [0.05, 0.1) is 6.61 Å². The van der Waals surface area contributed by atoms with Crippen LogP contribution in [-0.4, -0.2) is 44.7 Å². The fourth-order valence-electron chi connectivity index (χ4n) is 2.06. The number of carbonyl (C=O) groups is 1. The second-order valence-corrected chi connectivity index (χ2v) is 4.48. The molecule has 2 aromatic rings. The highest BCUT2D eigenvalue weighted by atomic mass is 16.5. The molecule has 0 saturated heterocycles. The fraction of sp³-hybridized carbons (Fsp3) is 0.500. The zero-order chi connectivity index (χ0) is 13.2. The minimum atomic E-state index is -0.238. The van der Waals surface area contributed by atoms with Crippen molar-refractivity contribution in [2.75, 3.05) is 18.1 Å². The number of hydrogen-bond donors (Lipinski definition) is 0. The van der Waals surface area contributed by atoms with Gasteiger partial charge >= 0.3 is 5.97 Å². The van der Waals surface area contributed by atoms with Gasteiger partial charge in [0.25, 0.3) is 0 Å². The van der Waals surface area contributed by atoms with Crippen molar-refractivity contribution >= 4 is 17.4 Å². The van der Waals surface area contributed by atoms with E-state index in [1.54, 1.807) is 30.0 Å². The van der Waals surface area contributed by atoms with E-state index in [-0.39, 0.29) is 12.5 Å². The van der Waals surface area contributed by atoms with Crippen molar-refractivity contribution < 1.29 is 9.53 Å². The first kappa shape index (κ1) is 11.9. The van der Waals surface area contributed by atoms with Crippen LogP contribution < -0.4 is 4.90 Å². The molecule has 0 spiro atoms. The van der Waals surface area contributed by atoms with Crippen LogP contribution in [0.15, 0.2) is 18.7 Å². The lowest BCUT2D eigenvalue weighted by Gasteiger charge is -2.22. The molecular formula is C12H15N5O2. The van der Waals surface area contributed by atoms with Crippen molar-refractivity contribution in [2.45, 2.75) is 25.8 Å². The number of hydrogen-bond acceptors (Lipinski definition) is 6. The molecule has 0 atom stereocenters. The normalized spacial score (nSPS) is 14.6. The molecule has 2 aromatic heterocycles. The lowest BCUT2D eigenvalue weighted by Crippen LogP contribution is -2.34. The van der Waals surface area contributed by atoms with Crippen LogP contribution in [0.3, 0.4) is 0 Å². The third-order valence-corrected chi connectivity index (χ3v) is 3.06. The summed E-state index contributed by atoms with van der Waals surface area (Å²) in [6, 6.07) is 0.347. The Hall–Kier alpha value is -2.18. The highest BCUT2D eigenvalue weighted by Gasteiger charge is 2.33. The molecule has 7 nitrogen and oxygen atoms in total. The number of ether oxygens (including phenoxy) is 1. The molecule has 0 unspecified atom stereocenters. The number of fused-ring (bicyclic) bond motifs is 1. The van der Waals surface area contributed by atoms with Gasteiger partial charge in [-0.3, -0.25) is 9.20 Å². The molecule has 1 saturated carbocycles. The van der Waals surface area contributed by atoms with E-state index in [1.807, 2.05) is 4.90 Å². The van der Waals surface area contributed by atoms with Crippen LogP contribution in [0.2, 0.25) is 0 Å². The average molecular weight is 261 g/mol. The van der Waals surface area contributed by atoms with Crippen molar-refractivity contribution in [3.05, 3.63) is 18.7 Å². The number of carbonyl (C=O) groups excluding carboxylic acids is 1. The van der Waals surface area contributed by atoms with E-state index in [0.717, 1.165) is 12.8 Å². The molecule has 7 heteroatoms. The topological polar surface area (TPSA) is 72.6 Å². The van der Waals surface area contributed by atoms with Gasteiger partial charge in [-0.05, 0) is 19.8 Å². The molecule has 19 heavy (non-hydrogen) atoms. The summed E-state index contributed by atoms with van der Waals surface area (Å²) in [4.78, 5) is 18.0. The quantitative estimate of drug-likeness (QED) is 0.736. The maximum atomic E-state index is 11.7. The molecule has 100 valence electrons. The molecule has 1 fully saturated rings. The second-order valence-electron chi connectivity index (χ2n) is 4.48. The van der Waals surface area contributed by atoms with E-state index in [1.165, 1.54) is 0 Å². The Labute approximate surface area is 110 Å². The maximum absolute atomic E-state index is 11.7. The van der Waals surface area contributed by atoms with E-state index in [4.69, 9.17) is 4.74 Å². The zero-order valence-electron chi connectivity index (χ0n) is 10.7. The summed E-state index contributed by atoms with van der Waals surface area (Å²) in [5.41, 5.74) is 0.665. The van der Waals surface area contributed by atoms with Gasteiger partial charge in [0, 0.05) is 18.4 Å². The first-order valence-electron chi connectivity index (χ1n) is 6.36. The molecule has 1 aliphatic carbocycles. The molecule has 2 heterocycles. The molecule has 3 rings (SSSR count). The van der Waals surface area contributed by atoms with Crippen LogP contribution in [0.4, 0.5) is 5.82 Å². The molecule has 0 bridgehead atoms. The summed E-state index contributed by atoms with van der Waals surface area (Å²) in [6.45, 7) is 2.40. The number of aromatic nitrogens is 4. The fourth-order valence-corrected chi connectivity index (χ4v) is 2.06. The van der Waals surface area contributed by atoms with Gasteiger partial charge in [-0.2, -0.15) is 0 Å². The van der Waals surface area contributed by atoms with Gasteiger partial charge in [0.2, 0.25) is 5.65 Å². The van der Waals surface area contributed by atoms with Crippen LogP contribution >= 0.6 is 0 Å². The first-order valence-corrected chi connectivity index (χ1v) is 6.36. The van der Waals surface area contributed by atoms with Gasteiger partial charge in [-0.1, -0.05) is 0 Å². The number of nitrogens with zero attached hydrogens (tertiary/aromatic N) is 5. The molecule has 0 N–H and O–H groups in total. The smallest absolute Gasteiger partial charge is 0.325 e. The minimum Gasteiger partial charge on any atom is -0.465 e. The highest BCUT2D eigenvalue weighted by molar-refractivity contribution is 5.78. The van der Waals surface area contributed by atoms with Gasteiger partial charge in [0.15, 0.2) is 5.82 Å². The molecule has 0 radical (unpaired) electrons. The Morgan fingerprint density at radius 3 is 3.16 bits per heavy atom. The van der Waals surface area contributed by atoms with E-state index < -0.39 is 0 Å². The zero-order valence-corrected chi connectivity index (χ0v) is 10.7. The van der Waals surface area contributed by atoms with Gasteiger partial charge in [0.1, 0.15) is 12.9 Å². The third-order valence-electron chi connectivity index (χ3n) is 3.06. The van der Waals surface area contributed by atoms with Crippen LogP contribution in [0.25, 0.3) is 5.65 Å². The average Bonchev–Trinajstić information content (AvgIpc) is 3.13. The van der Waals surface area contributed by atoms with Gasteiger partial charge < -0.3 is 9.64 Å². The maximum Gasteiger partial charge on any atom is 0.325 e. The van der Waals surface area contributed by atoms with Gasteiger partial charge in [-0.15, -0.1) is 10.2 Å². The first-order chi connectivity index (χ1) is 9.29. The van der Waals surface area contributed by atoms with E-state index in [9.17, 15) is 4.79 Å². The van der Waals surface area contributed by atoms with Crippen LogP contribution in [0.5, 0.6) is 0 Å². The van der Waals surface area contributed by atoms with E-state index in [0.29, 0.717) is 24.1 Å². The summed E-state index contributed by atoms with van der Waals surface area (Å²) >= 11 is 0. The largest absolute Gasteiger partial charge is 0.465 e. The highest BCUT2D eigenvalue weighted by Crippen LogP contribution is 2.31. The SMILES string of the molecule is CCOC(=O)CN(c1nccn2cnnc12)C1CC1. The van der Waals surface area contributed by atoms with Crippen molar-refractivity contribution in [1.82, 2.24) is 19.6 Å². The number of rotatable bonds is 5. The summed E-state index contributed by atoms with van der Waals surface area (Å²) in [6.07, 6.45) is 7.23. The Morgan fingerprint density at radius 2 is 2.42 bits per heavy atom. The standard InChI is InChI=1S/C12H15N5O2/c1-2-19-10(18)7-17(9-3-4-9)11-12-15-14-8-16(12)6-5-13-11/h5-6,8-9H,2-4,7H2,1H3. The van der Waals surface area contributed by atoms with Crippen molar-refractivity contribution in [3.63, 3.8) is 0 Å². The van der Waals surface area contributed by atoms with E-state index >= 15 is 0 Å². The molecule has 0 aromatic carbocycles. The summed E-state index contributed by atoms with van der Waals surface area (Å²) in [5.74, 6) is 0.452. The Morgan fingerprint density at radius 1 is 1.58 bits per heavy atom. The molecule has 1 aliphatic rings. The third kappa shape index (κ3) is 2.35. The van der Waals surface area contributed by atoms with Crippen molar-refractivity contribution in [2.24, 2.45) is 0 Å². The predicted molar refractivity (Wildman–Crippen MR) is 67.8 cm³/mol. The summed E-state index contributed by atoms with van der Waals surface area (Å²) < 4.78 is 6.81. The Balaban J connectivity index is 1.91. The van der Waals surface area contributed by atoms with E-state index in [2.05, 4.69) is 15.2 Å². The number of esters is 1. The number of anilines is 1. The second kappa shape index (κ2) is 4.83. The van der Waals surface area contributed by atoms with Crippen LogP contribution in [-0.2, 0) is 9.53 Å². The Kier molecular flexibility index (Phi) is 3.02. The van der Waals surface area contributed by atoms with Crippen molar-refractivity contribution in [1.29, 1.82) is 0 Å². The van der Waals surface area contributed by atoms with Gasteiger partial charge in [-0.25, -0.2) is 4.98 Å². The molecule has 0 aliphatic heterocycles. The van der Waals surface area contributed by atoms with Crippen LogP contribution in [0, 0.1) is 0 Å². The molecular weight excluding hydrogens is 246 g/mol. The lowest BCUT2D eigenvalue weighted by atomic mass is 10.4. The van der Waals surface area contributed by atoms with Crippen LogP contribution in [0.1, 0.15) is 19.8 Å². The monoisotopic (exact) mass is 261 g/mol. The summed E-state index contributed by atoms with van der Waals surface area (Å²) in [5, 5.41) is 7.93. The Bertz CT molecular complexity index is 593. The minimum absolute atomic E-state index is 0.206. The molecule has 0 amide bonds. The van der Waals surface area contributed by atoms with Crippen molar-refractivity contribution in [3.8, 4) is 0 Å². The summed E-state index contributed by atoms with van der Waals surface area (Å²) in [7, 11) is 0.